The summed E-state index contributed by atoms with van der Waals surface area (Å²) in [7, 11) is 0. The van der Waals surface area contributed by atoms with Gasteiger partial charge in [-0.15, -0.1) is 10.2 Å². The summed E-state index contributed by atoms with van der Waals surface area (Å²) in [4.78, 5) is 12.3. The van der Waals surface area contributed by atoms with Gasteiger partial charge >= 0.3 is 5.97 Å². The van der Waals surface area contributed by atoms with Crippen molar-refractivity contribution in [2.75, 3.05) is 12.0 Å². The third-order valence-corrected chi connectivity index (χ3v) is 4.79. The summed E-state index contributed by atoms with van der Waals surface area (Å²) in [6.45, 7) is 3.99. The van der Waals surface area contributed by atoms with Crippen LogP contribution < -0.4 is 5.43 Å². The summed E-state index contributed by atoms with van der Waals surface area (Å²) >= 11 is 7.30. The van der Waals surface area contributed by atoms with Crippen molar-refractivity contribution < 1.29 is 9.53 Å². The van der Waals surface area contributed by atoms with Gasteiger partial charge in [0.25, 0.3) is 0 Å². The van der Waals surface area contributed by atoms with Crippen molar-refractivity contribution in [3.8, 4) is 0 Å². The molecule has 0 aliphatic carbocycles. The van der Waals surface area contributed by atoms with Crippen molar-refractivity contribution in [3.63, 3.8) is 0 Å². The number of esters is 1. The van der Waals surface area contributed by atoms with Crippen molar-refractivity contribution in [1.29, 1.82) is 0 Å². The van der Waals surface area contributed by atoms with Crippen LogP contribution >= 0.6 is 23.4 Å². The number of carbonyl (C=O) groups excluding carboxylic acids is 1. The third-order valence-electron chi connectivity index (χ3n) is 3.35. The van der Waals surface area contributed by atoms with E-state index in [4.69, 9.17) is 16.3 Å². The van der Waals surface area contributed by atoms with E-state index in [1.807, 2.05) is 19.1 Å². The van der Waals surface area contributed by atoms with Crippen molar-refractivity contribution in [3.05, 3.63) is 40.7 Å². The molecule has 0 radical (unpaired) electrons. The van der Waals surface area contributed by atoms with Crippen LogP contribution in [0.2, 0.25) is 5.02 Å². The largest absolute Gasteiger partial charge is 0.465 e. The molecule has 0 fully saturated rings. The maximum absolute atomic E-state index is 12.3. The molecule has 116 valence electrons. The Kier molecular flexibility index (Phi) is 4.26. The number of thioether (sulfide) groups is 1. The molecule has 0 bridgehead atoms. The zero-order valence-corrected chi connectivity index (χ0v) is 13.7. The maximum Gasteiger partial charge on any atom is 0.322 e. The number of nitrogens with one attached hydrogen (secondary N) is 1. The first-order chi connectivity index (χ1) is 10.6. The summed E-state index contributed by atoms with van der Waals surface area (Å²) in [5, 5.41) is 8.99. The molecule has 2 aromatic rings. The highest BCUT2D eigenvalue weighted by molar-refractivity contribution is 8.00. The van der Waals surface area contributed by atoms with Gasteiger partial charge in [0.2, 0.25) is 5.16 Å². The predicted molar refractivity (Wildman–Crippen MR) is 84.6 cm³/mol. The van der Waals surface area contributed by atoms with Gasteiger partial charge in [-0.3, -0.25) is 4.79 Å². The Balaban J connectivity index is 1.97. The van der Waals surface area contributed by atoms with Gasteiger partial charge in [0.05, 0.1) is 12.6 Å². The van der Waals surface area contributed by atoms with Gasteiger partial charge in [-0.2, -0.15) is 0 Å². The number of carbonyl (C=O) groups is 1. The van der Waals surface area contributed by atoms with E-state index in [0.717, 1.165) is 11.4 Å². The molecular formula is C14H15ClN4O2S. The zero-order chi connectivity index (χ0) is 15.7. The lowest BCUT2D eigenvalue weighted by atomic mass is 10.0. The first-order valence-electron chi connectivity index (χ1n) is 6.87. The Hall–Kier alpha value is -1.73. The molecule has 1 aliphatic heterocycles. The Morgan fingerprint density at radius 1 is 1.41 bits per heavy atom. The molecule has 0 amide bonds. The molecule has 1 aromatic carbocycles. The fraction of sp³-hybridized carbons (Fsp3) is 0.357. The number of aryl methyl sites for hydroxylation is 1. The average molecular weight is 339 g/mol. The number of fused-ring (bicyclic) bond motifs is 1. The van der Waals surface area contributed by atoms with Crippen LogP contribution in [-0.2, 0) is 9.53 Å². The first kappa shape index (κ1) is 15.2. The van der Waals surface area contributed by atoms with Gasteiger partial charge in [0, 0.05) is 5.02 Å². The van der Waals surface area contributed by atoms with Gasteiger partial charge in [-0.25, -0.2) is 4.68 Å². The van der Waals surface area contributed by atoms with Gasteiger partial charge in [-0.05, 0) is 31.5 Å². The van der Waals surface area contributed by atoms with Crippen LogP contribution in [0, 0.1) is 6.92 Å². The van der Waals surface area contributed by atoms with Crippen LogP contribution in [0.1, 0.15) is 24.4 Å². The predicted octanol–water partition coefficient (Wildman–Crippen LogP) is 2.56. The average Bonchev–Trinajstić information content (AvgIpc) is 2.88. The molecular weight excluding hydrogens is 324 g/mol. The van der Waals surface area contributed by atoms with Gasteiger partial charge < -0.3 is 10.2 Å². The van der Waals surface area contributed by atoms with Crippen molar-refractivity contribution >= 4 is 29.3 Å². The Morgan fingerprint density at radius 3 is 2.82 bits per heavy atom. The van der Waals surface area contributed by atoms with Crippen LogP contribution in [0.25, 0.3) is 0 Å². The molecule has 3 rings (SSSR count). The zero-order valence-electron chi connectivity index (χ0n) is 12.1. The minimum absolute atomic E-state index is 0.247. The first-order valence-corrected chi connectivity index (χ1v) is 8.13. The molecule has 2 atom stereocenters. The van der Waals surface area contributed by atoms with Gasteiger partial charge in [0.15, 0.2) is 0 Å². The molecule has 22 heavy (non-hydrogen) atoms. The number of rotatable bonds is 3. The summed E-state index contributed by atoms with van der Waals surface area (Å²) in [6, 6.07) is 7.16. The van der Waals surface area contributed by atoms with E-state index in [0.29, 0.717) is 16.8 Å². The number of aromatic nitrogens is 3. The number of hydrogen-bond acceptors (Lipinski definition) is 6. The van der Waals surface area contributed by atoms with Gasteiger partial charge in [0.1, 0.15) is 11.1 Å². The van der Waals surface area contributed by atoms with Crippen molar-refractivity contribution in [2.24, 2.45) is 0 Å². The molecule has 8 heteroatoms. The maximum atomic E-state index is 12.3. The number of hydrogen-bond donors (Lipinski definition) is 1. The monoisotopic (exact) mass is 338 g/mol. The van der Waals surface area contributed by atoms with Crippen LogP contribution in [-0.4, -0.2) is 32.7 Å². The van der Waals surface area contributed by atoms with E-state index < -0.39 is 5.25 Å². The van der Waals surface area contributed by atoms with E-state index in [2.05, 4.69) is 15.6 Å². The quantitative estimate of drug-likeness (QED) is 0.867. The number of benzene rings is 1. The standard InChI is InChI=1S/C14H15ClN4O2S/c1-3-21-13(20)12-11(9-4-6-10(15)7-5-9)18-19-8(2)16-17-14(19)22-12/h4-7,11-12,18H,3H2,1-2H3/t11-,12-/m0/s1. The summed E-state index contributed by atoms with van der Waals surface area (Å²) < 4.78 is 6.99. The van der Waals surface area contributed by atoms with Crippen molar-refractivity contribution in [1.82, 2.24) is 14.9 Å². The van der Waals surface area contributed by atoms with Crippen LogP contribution in [0.15, 0.2) is 29.4 Å². The molecule has 1 aromatic heterocycles. The molecule has 0 unspecified atom stereocenters. The Morgan fingerprint density at radius 2 is 2.14 bits per heavy atom. The lowest BCUT2D eigenvalue weighted by molar-refractivity contribution is -0.142. The molecule has 0 spiro atoms. The number of ether oxygens (including phenoxy) is 1. The Bertz CT molecular complexity index is 689. The van der Waals surface area contributed by atoms with E-state index >= 15 is 0 Å². The highest BCUT2D eigenvalue weighted by Crippen LogP contribution is 2.37. The van der Waals surface area contributed by atoms with Crippen LogP contribution in [0.3, 0.4) is 0 Å². The highest BCUT2D eigenvalue weighted by atomic mass is 35.5. The summed E-state index contributed by atoms with van der Waals surface area (Å²) in [5.74, 6) is 0.468. The lowest BCUT2D eigenvalue weighted by Crippen LogP contribution is -2.39. The van der Waals surface area contributed by atoms with E-state index in [-0.39, 0.29) is 12.0 Å². The second kappa shape index (κ2) is 6.18. The van der Waals surface area contributed by atoms with Gasteiger partial charge in [-0.1, -0.05) is 35.5 Å². The van der Waals surface area contributed by atoms with Crippen LogP contribution in [0.4, 0.5) is 0 Å². The van der Waals surface area contributed by atoms with E-state index in [1.54, 1.807) is 23.7 Å². The molecule has 2 heterocycles. The molecule has 1 N–H and O–H groups in total. The lowest BCUT2D eigenvalue weighted by Gasteiger charge is -2.32. The SMILES string of the molecule is CCOC(=O)[C@H]1Sc2nnc(C)n2N[C@H]1c1ccc(Cl)cc1. The molecule has 1 aliphatic rings. The third kappa shape index (κ3) is 2.78. The van der Waals surface area contributed by atoms with Crippen molar-refractivity contribution in [2.45, 2.75) is 30.3 Å². The summed E-state index contributed by atoms with van der Waals surface area (Å²) in [5.41, 5.74) is 4.25. The Labute approximate surface area is 137 Å². The summed E-state index contributed by atoms with van der Waals surface area (Å²) in [6.07, 6.45) is 0. The normalized spacial score (nSPS) is 20.1. The van der Waals surface area contributed by atoms with Crippen LogP contribution in [0.5, 0.6) is 0 Å². The number of halogens is 1. The second-order valence-electron chi connectivity index (χ2n) is 4.81. The molecule has 0 saturated heterocycles. The smallest absolute Gasteiger partial charge is 0.322 e. The number of nitrogens with zero attached hydrogens (tertiary/aromatic N) is 3. The molecule has 0 saturated carbocycles. The highest BCUT2D eigenvalue weighted by Gasteiger charge is 2.38. The van der Waals surface area contributed by atoms with E-state index in [9.17, 15) is 4.79 Å². The minimum atomic E-state index is -0.433. The van der Waals surface area contributed by atoms with E-state index in [1.165, 1.54) is 11.8 Å². The minimum Gasteiger partial charge on any atom is -0.465 e. The fourth-order valence-corrected chi connectivity index (χ4v) is 3.53. The topological polar surface area (TPSA) is 69.0 Å². The molecule has 6 nitrogen and oxygen atoms in total. The second-order valence-corrected chi connectivity index (χ2v) is 6.36. The fourth-order valence-electron chi connectivity index (χ4n) is 2.28.